The molecule has 1 heterocycles. The van der Waals surface area contributed by atoms with Gasteiger partial charge in [-0.3, -0.25) is 4.99 Å². The molecule has 0 saturated carbocycles. The molecule has 2 N–H and O–H groups in total. The van der Waals surface area contributed by atoms with Crippen LogP contribution in [0.25, 0.3) is 0 Å². The van der Waals surface area contributed by atoms with Gasteiger partial charge in [-0.05, 0) is 51.0 Å². The Morgan fingerprint density at radius 3 is 2.74 bits per heavy atom. The molecule has 0 spiro atoms. The Kier molecular flexibility index (Phi) is 6.21. The summed E-state index contributed by atoms with van der Waals surface area (Å²) in [7, 11) is 1.73. The lowest BCUT2D eigenvalue weighted by Gasteiger charge is -2.25. The summed E-state index contributed by atoms with van der Waals surface area (Å²) in [5.74, 6) is 1.10. The van der Waals surface area contributed by atoms with Gasteiger partial charge in [0.25, 0.3) is 0 Å². The summed E-state index contributed by atoms with van der Waals surface area (Å²) < 4.78 is 24.3. The van der Waals surface area contributed by atoms with Gasteiger partial charge in [-0.25, -0.2) is 4.39 Å². The van der Waals surface area contributed by atoms with Crippen LogP contribution in [0.5, 0.6) is 5.75 Å². The largest absolute Gasteiger partial charge is 0.489 e. The molecular formula is C17H26FN3O2. The Morgan fingerprint density at radius 1 is 1.39 bits per heavy atom. The number of hydrogen-bond donors (Lipinski definition) is 2. The monoisotopic (exact) mass is 323 g/mol. The Bertz CT molecular complexity index is 513. The van der Waals surface area contributed by atoms with Gasteiger partial charge in [0, 0.05) is 20.2 Å². The first-order chi connectivity index (χ1) is 11.0. The van der Waals surface area contributed by atoms with E-state index in [1.807, 2.05) is 6.92 Å². The van der Waals surface area contributed by atoms with Gasteiger partial charge in [0.1, 0.15) is 17.7 Å². The average molecular weight is 323 g/mol. The molecule has 0 aliphatic carbocycles. The molecule has 1 saturated heterocycles. The highest BCUT2D eigenvalue weighted by molar-refractivity contribution is 5.79. The van der Waals surface area contributed by atoms with Crippen LogP contribution >= 0.6 is 0 Å². The van der Waals surface area contributed by atoms with E-state index in [1.165, 1.54) is 12.1 Å². The number of benzene rings is 1. The van der Waals surface area contributed by atoms with Crippen molar-refractivity contribution in [2.45, 2.75) is 38.4 Å². The average Bonchev–Trinajstić information content (AvgIpc) is 2.97. The van der Waals surface area contributed by atoms with E-state index in [9.17, 15) is 4.39 Å². The number of ether oxygens (including phenoxy) is 2. The highest BCUT2D eigenvalue weighted by Crippen LogP contribution is 2.23. The second-order valence-corrected chi connectivity index (χ2v) is 6.09. The van der Waals surface area contributed by atoms with Crippen molar-refractivity contribution < 1.29 is 13.9 Å². The summed E-state index contributed by atoms with van der Waals surface area (Å²) in [5.41, 5.74) is -0.117. The van der Waals surface area contributed by atoms with E-state index < -0.39 is 0 Å². The van der Waals surface area contributed by atoms with Crippen molar-refractivity contribution in [3.63, 3.8) is 0 Å². The molecule has 5 nitrogen and oxygen atoms in total. The predicted molar refractivity (Wildman–Crippen MR) is 89.4 cm³/mol. The van der Waals surface area contributed by atoms with Crippen LogP contribution in [-0.2, 0) is 4.74 Å². The van der Waals surface area contributed by atoms with Crippen molar-refractivity contribution in [3.8, 4) is 5.75 Å². The standard InChI is InChI=1S/C17H26FN3O2/c1-13(23-15-7-5-14(18)6-8-15)11-20-16(19-3)21-12-17(2)9-4-10-22-17/h5-8,13H,4,9-12H2,1-3H3,(H2,19,20,21). The molecule has 1 aromatic carbocycles. The maximum absolute atomic E-state index is 12.9. The van der Waals surface area contributed by atoms with Crippen LogP contribution in [0.3, 0.4) is 0 Å². The van der Waals surface area contributed by atoms with Gasteiger partial charge in [0.15, 0.2) is 5.96 Å². The second kappa shape index (κ2) is 8.15. The Balaban J connectivity index is 1.73. The lowest BCUT2D eigenvalue weighted by Crippen LogP contribution is -2.47. The number of aliphatic imine (C=N–C) groups is 1. The molecule has 1 aromatic rings. The summed E-state index contributed by atoms with van der Waals surface area (Å²) >= 11 is 0. The molecule has 1 fully saturated rings. The highest BCUT2D eigenvalue weighted by Gasteiger charge is 2.29. The van der Waals surface area contributed by atoms with Crippen LogP contribution in [0.2, 0.25) is 0 Å². The summed E-state index contributed by atoms with van der Waals surface area (Å²) in [5, 5.41) is 6.51. The molecule has 2 atom stereocenters. The smallest absolute Gasteiger partial charge is 0.191 e. The molecule has 2 unspecified atom stereocenters. The third-order valence-corrected chi connectivity index (χ3v) is 3.86. The molecule has 1 aliphatic heterocycles. The van der Waals surface area contributed by atoms with Crippen molar-refractivity contribution in [1.82, 2.24) is 10.6 Å². The first-order valence-electron chi connectivity index (χ1n) is 8.01. The van der Waals surface area contributed by atoms with Gasteiger partial charge in [0.05, 0.1) is 12.1 Å². The predicted octanol–water partition coefficient (Wildman–Crippen LogP) is 2.33. The number of rotatable bonds is 6. The van der Waals surface area contributed by atoms with Crippen LogP contribution < -0.4 is 15.4 Å². The third-order valence-electron chi connectivity index (χ3n) is 3.86. The fourth-order valence-electron chi connectivity index (χ4n) is 2.50. The van der Waals surface area contributed by atoms with Gasteiger partial charge in [-0.2, -0.15) is 0 Å². The van der Waals surface area contributed by atoms with Crippen molar-refractivity contribution in [3.05, 3.63) is 30.1 Å². The maximum atomic E-state index is 12.9. The Morgan fingerprint density at radius 2 is 2.13 bits per heavy atom. The number of nitrogens with zero attached hydrogens (tertiary/aromatic N) is 1. The van der Waals surface area contributed by atoms with E-state index in [0.717, 1.165) is 32.0 Å². The van der Waals surface area contributed by atoms with E-state index in [1.54, 1.807) is 19.2 Å². The lowest BCUT2D eigenvalue weighted by atomic mass is 10.0. The van der Waals surface area contributed by atoms with Gasteiger partial charge >= 0.3 is 0 Å². The molecule has 1 aliphatic rings. The van der Waals surface area contributed by atoms with Crippen LogP contribution in [0.1, 0.15) is 26.7 Å². The maximum Gasteiger partial charge on any atom is 0.191 e. The topological polar surface area (TPSA) is 54.9 Å². The van der Waals surface area contributed by atoms with Crippen LogP contribution in [0.4, 0.5) is 4.39 Å². The highest BCUT2D eigenvalue weighted by atomic mass is 19.1. The second-order valence-electron chi connectivity index (χ2n) is 6.09. The zero-order chi connectivity index (χ0) is 16.7. The van der Waals surface area contributed by atoms with Gasteiger partial charge in [-0.1, -0.05) is 0 Å². The normalized spacial score (nSPS) is 22.7. The van der Waals surface area contributed by atoms with E-state index in [0.29, 0.717) is 12.3 Å². The molecule has 23 heavy (non-hydrogen) atoms. The van der Waals surface area contributed by atoms with Crippen molar-refractivity contribution in [2.75, 3.05) is 26.7 Å². The molecule has 0 amide bonds. The Labute approximate surface area is 137 Å². The molecular weight excluding hydrogens is 297 g/mol. The summed E-state index contributed by atoms with van der Waals surface area (Å²) in [6.07, 6.45) is 2.09. The fraction of sp³-hybridized carbons (Fsp3) is 0.588. The summed E-state index contributed by atoms with van der Waals surface area (Å²) in [6, 6.07) is 6.02. The van der Waals surface area contributed by atoms with Gasteiger partial charge < -0.3 is 20.1 Å². The first kappa shape index (κ1) is 17.5. The number of nitrogens with one attached hydrogen (secondary N) is 2. The Hall–Kier alpha value is -1.82. The van der Waals surface area contributed by atoms with Crippen LogP contribution in [0.15, 0.2) is 29.3 Å². The quantitative estimate of drug-likeness (QED) is 0.623. The first-order valence-corrected chi connectivity index (χ1v) is 8.01. The molecule has 0 aromatic heterocycles. The summed E-state index contributed by atoms with van der Waals surface area (Å²) in [6.45, 7) is 6.20. The third kappa shape index (κ3) is 5.71. The zero-order valence-electron chi connectivity index (χ0n) is 14.1. The molecule has 0 radical (unpaired) electrons. The van der Waals surface area contributed by atoms with E-state index >= 15 is 0 Å². The molecule has 2 rings (SSSR count). The van der Waals surface area contributed by atoms with Gasteiger partial charge in [-0.15, -0.1) is 0 Å². The van der Waals surface area contributed by atoms with E-state index in [2.05, 4.69) is 22.5 Å². The minimum Gasteiger partial charge on any atom is -0.489 e. The van der Waals surface area contributed by atoms with Crippen molar-refractivity contribution >= 4 is 5.96 Å². The minimum absolute atomic E-state index is 0.0719. The number of hydrogen-bond acceptors (Lipinski definition) is 3. The molecule has 128 valence electrons. The minimum atomic E-state index is -0.268. The number of guanidine groups is 1. The zero-order valence-corrected chi connectivity index (χ0v) is 14.1. The van der Waals surface area contributed by atoms with Crippen LogP contribution in [0, 0.1) is 5.82 Å². The van der Waals surface area contributed by atoms with Gasteiger partial charge in [0.2, 0.25) is 0 Å². The lowest BCUT2D eigenvalue weighted by molar-refractivity contribution is 0.0242. The number of halogens is 1. The molecule has 6 heteroatoms. The van der Waals surface area contributed by atoms with E-state index in [-0.39, 0.29) is 17.5 Å². The molecule has 0 bridgehead atoms. The van der Waals surface area contributed by atoms with E-state index in [4.69, 9.17) is 9.47 Å². The van der Waals surface area contributed by atoms with Crippen molar-refractivity contribution in [1.29, 1.82) is 0 Å². The summed E-state index contributed by atoms with van der Waals surface area (Å²) in [4.78, 5) is 4.20. The fourth-order valence-corrected chi connectivity index (χ4v) is 2.50. The van der Waals surface area contributed by atoms with Crippen molar-refractivity contribution in [2.24, 2.45) is 4.99 Å². The van der Waals surface area contributed by atoms with Crippen LogP contribution in [-0.4, -0.2) is 44.4 Å². The SMILES string of the molecule is CN=C(NCC(C)Oc1ccc(F)cc1)NCC1(C)CCCO1.